The predicted molar refractivity (Wildman–Crippen MR) is 63.5 cm³/mol. The summed E-state index contributed by atoms with van der Waals surface area (Å²) in [6.45, 7) is 3.57. The van der Waals surface area contributed by atoms with E-state index in [2.05, 4.69) is 17.1 Å². The number of benzene rings is 1. The second kappa shape index (κ2) is 6.40. The third-order valence-electron chi connectivity index (χ3n) is 1.91. The number of hydrogen-bond donors (Lipinski definition) is 2. The molecule has 84 valence electrons. The molecule has 0 heterocycles. The van der Waals surface area contributed by atoms with Gasteiger partial charge in [-0.1, -0.05) is 18.2 Å². The molecule has 1 aromatic rings. The summed E-state index contributed by atoms with van der Waals surface area (Å²) in [6.07, 6.45) is 4.91. The highest BCUT2D eigenvalue weighted by molar-refractivity contribution is 5.96. The van der Waals surface area contributed by atoms with Crippen molar-refractivity contribution in [3.05, 3.63) is 42.5 Å². The molecule has 0 aromatic heterocycles. The van der Waals surface area contributed by atoms with E-state index in [9.17, 15) is 9.90 Å². The molecule has 0 aliphatic carbocycles. The summed E-state index contributed by atoms with van der Waals surface area (Å²) in [6, 6.07) is 6.32. The highest BCUT2D eigenvalue weighted by Gasteiger charge is 2.07. The van der Waals surface area contributed by atoms with Crippen LogP contribution in [0.1, 0.15) is 23.2 Å². The molecule has 1 amide bonds. The maximum Gasteiger partial charge on any atom is 0.275 e. The van der Waals surface area contributed by atoms with Gasteiger partial charge in [-0.25, -0.2) is 5.43 Å². The number of nitrogens with one attached hydrogen (secondary N) is 1. The van der Waals surface area contributed by atoms with Crippen molar-refractivity contribution in [3.63, 3.8) is 0 Å². The Bertz CT molecular complexity index is 400. The number of phenolic OH excluding ortho intramolecular Hbond substituents is 1. The Kier molecular flexibility index (Phi) is 4.79. The highest BCUT2D eigenvalue weighted by atomic mass is 16.3. The molecule has 0 aliphatic heterocycles. The van der Waals surface area contributed by atoms with Crippen LogP contribution in [0.25, 0.3) is 0 Å². The number of amides is 1. The van der Waals surface area contributed by atoms with Crippen LogP contribution in [0.3, 0.4) is 0 Å². The van der Waals surface area contributed by atoms with Crippen molar-refractivity contribution in [1.82, 2.24) is 5.43 Å². The normalized spacial score (nSPS) is 10.2. The van der Waals surface area contributed by atoms with Gasteiger partial charge < -0.3 is 5.11 Å². The van der Waals surface area contributed by atoms with Crippen LogP contribution in [-0.4, -0.2) is 17.2 Å². The molecule has 0 fully saturated rings. The van der Waals surface area contributed by atoms with Gasteiger partial charge in [-0.3, -0.25) is 4.79 Å². The Balaban J connectivity index is 2.50. The molecule has 0 atom stereocenters. The molecule has 0 unspecified atom stereocenters. The van der Waals surface area contributed by atoms with Crippen LogP contribution in [0.5, 0.6) is 5.75 Å². The molecule has 0 radical (unpaired) electrons. The van der Waals surface area contributed by atoms with Crippen LogP contribution in [0.4, 0.5) is 0 Å². The number of phenols is 1. The summed E-state index contributed by atoms with van der Waals surface area (Å²) >= 11 is 0. The number of nitrogens with zero attached hydrogens (tertiary/aromatic N) is 1. The molecule has 4 nitrogen and oxygen atoms in total. The van der Waals surface area contributed by atoms with Gasteiger partial charge in [0.1, 0.15) is 5.75 Å². The first-order valence-corrected chi connectivity index (χ1v) is 4.96. The van der Waals surface area contributed by atoms with E-state index < -0.39 is 5.91 Å². The highest BCUT2D eigenvalue weighted by Crippen LogP contribution is 2.14. The van der Waals surface area contributed by atoms with E-state index >= 15 is 0 Å². The lowest BCUT2D eigenvalue weighted by molar-refractivity contribution is 0.0952. The quantitative estimate of drug-likeness (QED) is 0.344. The Labute approximate surface area is 94.3 Å². The molecule has 0 aliphatic rings. The van der Waals surface area contributed by atoms with E-state index in [1.165, 1.54) is 12.1 Å². The Morgan fingerprint density at radius 3 is 2.88 bits per heavy atom. The predicted octanol–water partition coefficient (Wildman–Crippen LogP) is 2.07. The van der Waals surface area contributed by atoms with Crippen molar-refractivity contribution in [1.29, 1.82) is 0 Å². The minimum absolute atomic E-state index is 0.0544. The summed E-state index contributed by atoms with van der Waals surface area (Å²) in [7, 11) is 0. The molecule has 0 saturated heterocycles. The SMILES string of the molecule is C=CCC/C=N\NC(=O)c1ccccc1O. The van der Waals surface area contributed by atoms with Crippen molar-refractivity contribution in [3.8, 4) is 5.75 Å². The van der Waals surface area contributed by atoms with Crippen molar-refractivity contribution >= 4 is 12.1 Å². The Hall–Kier alpha value is -2.10. The fraction of sp³-hybridized carbons (Fsp3) is 0.167. The molecule has 1 aromatic carbocycles. The fourth-order valence-corrected chi connectivity index (χ4v) is 1.09. The van der Waals surface area contributed by atoms with E-state index in [0.29, 0.717) is 0 Å². The lowest BCUT2D eigenvalue weighted by Crippen LogP contribution is -2.17. The standard InChI is InChI=1S/C12H14N2O2/c1-2-3-6-9-13-14-12(16)10-7-4-5-8-11(10)15/h2,4-5,7-9,15H,1,3,6H2,(H,14,16)/b13-9-. The summed E-state index contributed by atoms with van der Waals surface area (Å²) in [5.41, 5.74) is 2.55. The number of rotatable bonds is 5. The molecule has 0 saturated carbocycles. The number of hydrogen-bond acceptors (Lipinski definition) is 3. The summed E-state index contributed by atoms with van der Waals surface area (Å²) in [4.78, 5) is 11.5. The largest absolute Gasteiger partial charge is 0.507 e. The van der Waals surface area contributed by atoms with E-state index in [4.69, 9.17) is 0 Å². The van der Waals surface area contributed by atoms with Gasteiger partial charge in [0.25, 0.3) is 5.91 Å². The van der Waals surface area contributed by atoms with Crippen molar-refractivity contribution in [2.24, 2.45) is 5.10 Å². The third kappa shape index (κ3) is 3.57. The maximum absolute atomic E-state index is 11.5. The van der Waals surface area contributed by atoms with Crippen molar-refractivity contribution < 1.29 is 9.90 Å². The van der Waals surface area contributed by atoms with E-state index in [1.54, 1.807) is 24.4 Å². The second-order valence-electron chi connectivity index (χ2n) is 3.14. The van der Waals surface area contributed by atoms with Gasteiger partial charge >= 0.3 is 0 Å². The van der Waals surface area contributed by atoms with Crippen LogP contribution in [-0.2, 0) is 0 Å². The molecular weight excluding hydrogens is 204 g/mol. The number of aromatic hydroxyl groups is 1. The topological polar surface area (TPSA) is 61.7 Å². The van der Waals surface area contributed by atoms with Crippen LogP contribution in [0.2, 0.25) is 0 Å². The molecule has 16 heavy (non-hydrogen) atoms. The van der Waals surface area contributed by atoms with Crippen LogP contribution in [0.15, 0.2) is 42.0 Å². The van der Waals surface area contributed by atoms with Gasteiger partial charge in [-0.05, 0) is 25.0 Å². The Morgan fingerprint density at radius 2 is 2.19 bits per heavy atom. The van der Waals surface area contributed by atoms with Gasteiger partial charge in [0.05, 0.1) is 5.56 Å². The smallest absolute Gasteiger partial charge is 0.275 e. The van der Waals surface area contributed by atoms with Gasteiger partial charge in [0, 0.05) is 6.21 Å². The van der Waals surface area contributed by atoms with E-state index in [0.717, 1.165) is 12.8 Å². The van der Waals surface area contributed by atoms with Gasteiger partial charge in [0.15, 0.2) is 0 Å². The molecule has 0 spiro atoms. The Morgan fingerprint density at radius 1 is 1.44 bits per heavy atom. The van der Waals surface area contributed by atoms with Crippen LogP contribution >= 0.6 is 0 Å². The monoisotopic (exact) mass is 218 g/mol. The lowest BCUT2D eigenvalue weighted by Gasteiger charge is -2.01. The maximum atomic E-state index is 11.5. The van der Waals surface area contributed by atoms with E-state index in [1.807, 2.05) is 0 Å². The molecular formula is C12H14N2O2. The molecule has 0 bridgehead atoms. The zero-order chi connectivity index (χ0) is 11.8. The van der Waals surface area contributed by atoms with Gasteiger partial charge in [0.2, 0.25) is 0 Å². The molecule has 4 heteroatoms. The lowest BCUT2D eigenvalue weighted by atomic mass is 10.2. The zero-order valence-corrected chi connectivity index (χ0v) is 8.89. The van der Waals surface area contributed by atoms with Gasteiger partial charge in [-0.15, -0.1) is 6.58 Å². The summed E-state index contributed by atoms with van der Waals surface area (Å²) < 4.78 is 0. The summed E-state index contributed by atoms with van der Waals surface area (Å²) in [5.74, 6) is -0.478. The minimum Gasteiger partial charge on any atom is -0.507 e. The van der Waals surface area contributed by atoms with Crippen LogP contribution < -0.4 is 5.43 Å². The van der Waals surface area contributed by atoms with Crippen molar-refractivity contribution in [2.45, 2.75) is 12.8 Å². The van der Waals surface area contributed by atoms with Gasteiger partial charge in [-0.2, -0.15) is 5.10 Å². The summed E-state index contributed by atoms with van der Waals surface area (Å²) in [5, 5.41) is 13.1. The average molecular weight is 218 g/mol. The van der Waals surface area contributed by atoms with Crippen molar-refractivity contribution in [2.75, 3.05) is 0 Å². The fourth-order valence-electron chi connectivity index (χ4n) is 1.09. The molecule has 2 N–H and O–H groups in total. The number of hydrazone groups is 1. The van der Waals surface area contributed by atoms with Crippen LogP contribution in [0, 0.1) is 0 Å². The second-order valence-corrected chi connectivity index (χ2v) is 3.14. The number of para-hydroxylation sites is 1. The van der Waals surface area contributed by atoms with E-state index in [-0.39, 0.29) is 11.3 Å². The number of unbranched alkanes of at least 4 members (excludes halogenated alkanes) is 1. The zero-order valence-electron chi connectivity index (χ0n) is 8.89. The number of allylic oxidation sites excluding steroid dienone is 1. The first-order chi connectivity index (χ1) is 7.75. The first kappa shape index (κ1) is 12.0. The molecule has 1 rings (SSSR count). The number of carbonyl (C=O) groups is 1. The number of carbonyl (C=O) groups excluding carboxylic acids is 1. The third-order valence-corrected chi connectivity index (χ3v) is 1.91. The minimum atomic E-state index is -0.423. The average Bonchev–Trinajstić information content (AvgIpc) is 2.29. The first-order valence-electron chi connectivity index (χ1n) is 4.96.